The summed E-state index contributed by atoms with van der Waals surface area (Å²) in [6.45, 7) is 3.93. The Morgan fingerprint density at radius 3 is 2.30 bits per heavy atom. The highest BCUT2D eigenvalue weighted by Crippen LogP contribution is 2.36. The zero-order valence-electron chi connectivity index (χ0n) is 16.0. The van der Waals surface area contributed by atoms with Crippen LogP contribution in [0.4, 0.5) is 13.2 Å². The second-order valence-electron chi connectivity index (χ2n) is 6.78. The first-order valence-corrected chi connectivity index (χ1v) is 9.37. The number of hydrogen-bond acceptors (Lipinski definition) is 3. The average molecular weight is 433 g/mol. The van der Waals surface area contributed by atoms with Gasteiger partial charge in [0.25, 0.3) is 0 Å². The van der Waals surface area contributed by atoms with Crippen LogP contribution in [0.3, 0.4) is 0 Å². The lowest BCUT2D eigenvalue weighted by Gasteiger charge is -2.11. The maximum atomic E-state index is 12.6. The van der Waals surface area contributed by atoms with E-state index in [-0.39, 0.29) is 5.02 Å². The van der Waals surface area contributed by atoms with Crippen LogP contribution < -0.4 is 4.74 Å². The minimum absolute atomic E-state index is 0.146. The van der Waals surface area contributed by atoms with Crippen LogP contribution in [-0.2, 0) is 0 Å². The Bertz CT molecular complexity index is 1190. The van der Waals surface area contributed by atoms with E-state index in [1.807, 2.05) is 38.1 Å². The standard InChI is InChI=1S/C22H16ClF3N2O2/c1-12-3-5-14(6-4-12)20-13(2)27-21(28-20)18-10-9-17(29-18)15-7-8-16(23)19(11-15)30-22(24,25)26/h3-11H,1-2H3,(H,27,28). The monoisotopic (exact) mass is 432 g/mol. The summed E-state index contributed by atoms with van der Waals surface area (Å²) in [7, 11) is 0. The Morgan fingerprint density at radius 1 is 0.933 bits per heavy atom. The lowest BCUT2D eigenvalue weighted by molar-refractivity contribution is -0.274. The molecule has 2 heterocycles. The van der Waals surface area contributed by atoms with Crippen molar-refractivity contribution in [3.05, 3.63) is 70.9 Å². The van der Waals surface area contributed by atoms with Gasteiger partial charge < -0.3 is 14.1 Å². The molecule has 30 heavy (non-hydrogen) atoms. The third-order valence-corrected chi connectivity index (χ3v) is 4.80. The Hall–Kier alpha value is -3.19. The molecule has 1 N–H and O–H groups in total. The summed E-state index contributed by atoms with van der Waals surface area (Å²) in [5.41, 5.74) is 4.19. The number of aryl methyl sites for hydroxylation is 2. The molecule has 154 valence electrons. The molecule has 0 aliphatic carbocycles. The van der Waals surface area contributed by atoms with E-state index in [4.69, 9.17) is 16.0 Å². The Balaban J connectivity index is 1.65. The number of aromatic amines is 1. The summed E-state index contributed by atoms with van der Waals surface area (Å²) in [5.74, 6) is 0.851. The number of imidazole rings is 1. The highest BCUT2D eigenvalue weighted by atomic mass is 35.5. The zero-order valence-corrected chi connectivity index (χ0v) is 16.7. The smallest absolute Gasteiger partial charge is 0.453 e. The number of H-pyrrole nitrogens is 1. The van der Waals surface area contributed by atoms with Gasteiger partial charge in [0.2, 0.25) is 0 Å². The molecule has 2 aromatic heterocycles. The maximum absolute atomic E-state index is 12.6. The third-order valence-electron chi connectivity index (χ3n) is 4.49. The van der Waals surface area contributed by atoms with Crippen molar-refractivity contribution in [3.8, 4) is 39.9 Å². The fraction of sp³-hybridized carbons (Fsp3) is 0.136. The van der Waals surface area contributed by atoms with E-state index >= 15 is 0 Å². The van der Waals surface area contributed by atoms with Crippen molar-refractivity contribution in [1.29, 1.82) is 0 Å². The van der Waals surface area contributed by atoms with Gasteiger partial charge >= 0.3 is 6.36 Å². The molecule has 0 unspecified atom stereocenters. The Morgan fingerprint density at radius 2 is 1.60 bits per heavy atom. The van der Waals surface area contributed by atoms with E-state index < -0.39 is 12.1 Å². The normalized spacial score (nSPS) is 11.7. The van der Waals surface area contributed by atoms with Gasteiger partial charge in [-0.15, -0.1) is 13.2 Å². The topological polar surface area (TPSA) is 51.1 Å². The van der Waals surface area contributed by atoms with E-state index in [9.17, 15) is 13.2 Å². The minimum atomic E-state index is -4.84. The molecular formula is C22H16ClF3N2O2. The largest absolute Gasteiger partial charge is 0.573 e. The van der Waals surface area contributed by atoms with Gasteiger partial charge in [-0.3, -0.25) is 0 Å². The highest BCUT2D eigenvalue weighted by molar-refractivity contribution is 6.32. The van der Waals surface area contributed by atoms with Crippen molar-refractivity contribution in [2.24, 2.45) is 0 Å². The van der Waals surface area contributed by atoms with E-state index in [1.165, 1.54) is 12.1 Å². The molecule has 0 saturated carbocycles. The molecule has 0 bridgehead atoms. The second kappa shape index (κ2) is 7.57. The summed E-state index contributed by atoms with van der Waals surface area (Å²) in [5, 5.41) is -0.146. The molecule has 8 heteroatoms. The molecule has 4 nitrogen and oxygen atoms in total. The van der Waals surface area contributed by atoms with Crippen LogP contribution in [0.25, 0.3) is 34.2 Å². The van der Waals surface area contributed by atoms with Crippen LogP contribution >= 0.6 is 11.6 Å². The minimum Gasteiger partial charge on any atom is -0.453 e. The molecule has 0 aliphatic rings. The maximum Gasteiger partial charge on any atom is 0.573 e. The molecule has 0 atom stereocenters. The van der Waals surface area contributed by atoms with Crippen LogP contribution in [0.15, 0.2) is 59.0 Å². The second-order valence-corrected chi connectivity index (χ2v) is 7.19. The summed E-state index contributed by atoms with van der Waals surface area (Å²) >= 11 is 5.81. The number of alkyl halides is 3. The number of ether oxygens (including phenoxy) is 1. The van der Waals surface area contributed by atoms with Crippen LogP contribution in [0, 0.1) is 13.8 Å². The zero-order chi connectivity index (χ0) is 21.5. The van der Waals surface area contributed by atoms with Gasteiger partial charge in [0.15, 0.2) is 11.6 Å². The predicted molar refractivity (Wildman–Crippen MR) is 108 cm³/mol. The van der Waals surface area contributed by atoms with Gasteiger partial charge in [-0.05, 0) is 44.2 Å². The molecule has 0 aliphatic heterocycles. The Kier molecular flexibility index (Phi) is 5.07. The molecule has 0 radical (unpaired) electrons. The van der Waals surface area contributed by atoms with Crippen LogP contribution in [0.5, 0.6) is 5.75 Å². The van der Waals surface area contributed by atoms with Gasteiger partial charge in [-0.1, -0.05) is 41.4 Å². The first-order chi connectivity index (χ1) is 14.2. The number of furan rings is 1. The number of hydrogen-bond donors (Lipinski definition) is 1. The van der Waals surface area contributed by atoms with Crippen molar-refractivity contribution in [3.63, 3.8) is 0 Å². The van der Waals surface area contributed by atoms with Crippen LogP contribution in [0.1, 0.15) is 11.3 Å². The number of aromatic nitrogens is 2. The summed E-state index contributed by atoms with van der Waals surface area (Å²) in [6, 6.07) is 15.4. The molecule has 4 aromatic rings. The number of benzene rings is 2. The van der Waals surface area contributed by atoms with Gasteiger partial charge in [0.1, 0.15) is 11.5 Å². The summed E-state index contributed by atoms with van der Waals surface area (Å²) in [6.07, 6.45) is -4.84. The number of nitrogens with one attached hydrogen (secondary N) is 1. The van der Waals surface area contributed by atoms with Crippen molar-refractivity contribution in [1.82, 2.24) is 9.97 Å². The van der Waals surface area contributed by atoms with Crippen molar-refractivity contribution in [2.45, 2.75) is 20.2 Å². The van der Waals surface area contributed by atoms with E-state index in [0.29, 0.717) is 22.9 Å². The van der Waals surface area contributed by atoms with Crippen molar-refractivity contribution in [2.75, 3.05) is 0 Å². The average Bonchev–Trinajstić information content (AvgIpc) is 3.30. The SMILES string of the molecule is Cc1ccc(-c2nc(-c3ccc(-c4ccc(Cl)c(OC(F)(F)F)c4)o3)[nH]c2C)cc1. The van der Waals surface area contributed by atoms with E-state index in [0.717, 1.165) is 22.5 Å². The lowest BCUT2D eigenvalue weighted by Crippen LogP contribution is -2.17. The summed E-state index contributed by atoms with van der Waals surface area (Å²) < 4.78 is 47.5. The first kappa shape index (κ1) is 20.1. The molecule has 0 amide bonds. The quantitative estimate of drug-likeness (QED) is 0.372. The molecular weight excluding hydrogens is 417 g/mol. The van der Waals surface area contributed by atoms with Gasteiger partial charge in [0.05, 0.1) is 10.7 Å². The van der Waals surface area contributed by atoms with E-state index in [2.05, 4.69) is 14.7 Å². The highest BCUT2D eigenvalue weighted by Gasteiger charge is 2.32. The molecule has 0 spiro atoms. The van der Waals surface area contributed by atoms with E-state index in [1.54, 1.807) is 18.2 Å². The van der Waals surface area contributed by atoms with Crippen LogP contribution in [-0.4, -0.2) is 16.3 Å². The molecule has 4 rings (SSSR count). The fourth-order valence-corrected chi connectivity index (χ4v) is 3.21. The van der Waals surface area contributed by atoms with Gasteiger partial charge in [-0.25, -0.2) is 4.98 Å². The predicted octanol–water partition coefficient (Wildman–Crippen LogP) is 7.17. The fourth-order valence-electron chi connectivity index (χ4n) is 3.05. The number of halogens is 4. The Labute approximate surface area is 175 Å². The van der Waals surface area contributed by atoms with Crippen molar-refractivity contribution < 1.29 is 22.3 Å². The molecule has 0 fully saturated rings. The first-order valence-electron chi connectivity index (χ1n) is 8.99. The van der Waals surface area contributed by atoms with Gasteiger partial charge in [0, 0.05) is 16.8 Å². The summed E-state index contributed by atoms with van der Waals surface area (Å²) in [4.78, 5) is 7.81. The van der Waals surface area contributed by atoms with Crippen LogP contribution in [0.2, 0.25) is 5.02 Å². The molecule has 0 saturated heterocycles. The van der Waals surface area contributed by atoms with Crippen molar-refractivity contribution >= 4 is 11.6 Å². The lowest BCUT2D eigenvalue weighted by atomic mass is 10.1. The third kappa shape index (κ3) is 4.21. The van der Waals surface area contributed by atoms with Gasteiger partial charge in [-0.2, -0.15) is 0 Å². The number of nitrogens with zero attached hydrogens (tertiary/aromatic N) is 1. The number of rotatable bonds is 4. The molecule has 2 aromatic carbocycles.